The molecule has 0 spiro atoms. The van der Waals surface area contributed by atoms with Crippen molar-refractivity contribution in [1.82, 2.24) is 9.80 Å². The summed E-state index contributed by atoms with van der Waals surface area (Å²) in [5, 5.41) is 0. The van der Waals surface area contributed by atoms with Crippen molar-refractivity contribution in [1.29, 1.82) is 0 Å². The fourth-order valence-corrected chi connectivity index (χ4v) is 2.53. The first-order valence-electron chi connectivity index (χ1n) is 7.11. The Labute approximate surface area is 125 Å². The smallest absolute Gasteiger partial charge is 0.129 e. The number of benzene rings is 1. The van der Waals surface area contributed by atoms with Gasteiger partial charge < -0.3 is 9.80 Å². The van der Waals surface area contributed by atoms with Crippen LogP contribution in [-0.2, 0) is 13.1 Å². The molecule has 0 aliphatic rings. The van der Waals surface area contributed by atoms with E-state index >= 15 is 0 Å². The molecule has 1 aromatic rings. The van der Waals surface area contributed by atoms with Crippen LogP contribution in [0.4, 0.5) is 0 Å². The van der Waals surface area contributed by atoms with E-state index in [1.807, 2.05) is 0 Å². The van der Waals surface area contributed by atoms with Crippen LogP contribution >= 0.6 is 0 Å². The van der Waals surface area contributed by atoms with Gasteiger partial charge in [-0.15, -0.1) is 5.54 Å². The van der Waals surface area contributed by atoms with Gasteiger partial charge in [-0.05, 0) is 51.5 Å². The molecule has 0 bridgehead atoms. The third kappa shape index (κ3) is 6.90. The number of rotatable bonds is 4. The van der Waals surface area contributed by atoms with Crippen LogP contribution in [-0.4, -0.2) is 46.1 Å². The Morgan fingerprint density at radius 3 is 1.65 bits per heavy atom. The Kier molecular flexibility index (Phi) is 6.00. The van der Waals surface area contributed by atoms with E-state index in [9.17, 15) is 0 Å². The molecule has 0 saturated carbocycles. The van der Waals surface area contributed by atoms with Crippen LogP contribution in [0, 0.1) is 11.5 Å². The molecule has 1 rings (SSSR count). The summed E-state index contributed by atoms with van der Waals surface area (Å²) in [7, 11) is 7.09. The van der Waals surface area contributed by atoms with Gasteiger partial charge in [0.1, 0.15) is 8.07 Å². The van der Waals surface area contributed by atoms with E-state index < -0.39 is 8.07 Å². The first-order valence-corrected chi connectivity index (χ1v) is 10.6. The molecular weight excluding hydrogens is 260 g/mol. The molecule has 0 atom stereocenters. The molecule has 0 heterocycles. The van der Waals surface area contributed by atoms with Gasteiger partial charge in [-0.3, -0.25) is 0 Å². The summed E-state index contributed by atoms with van der Waals surface area (Å²) >= 11 is 0. The zero-order valence-corrected chi connectivity index (χ0v) is 15.0. The highest BCUT2D eigenvalue weighted by Gasteiger charge is 2.08. The molecule has 2 nitrogen and oxygen atoms in total. The second-order valence-corrected chi connectivity index (χ2v) is 11.8. The van der Waals surface area contributed by atoms with E-state index in [0.29, 0.717) is 0 Å². The first kappa shape index (κ1) is 17.0. The lowest BCUT2D eigenvalue weighted by Gasteiger charge is -2.14. The summed E-state index contributed by atoms with van der Waals surface area (Å²) in [5.41, 5.74) is 7.30. The molecule has 0 radical (unpaired) electrons. The van der Waals surface area contributed by atoms with Crippen molar-refractivity contribution in [2.75, 3.05) is 28.2 Å². The van der Waals surface area contributed by atoms with Gasteiger partial charge in [-0.1, -0.05) is 31.6 Å². The Bertz CT molecular complexity index is 474. The third-order valence-corrected chi connectivity index (χ3v) is 3.51. The zero-order chi connectivity index (χ0) is 15.3. The Morgan fingerprint density at radius 1 is 0.850 bits per heavy atom. The average Bonchev–Trinajstić information content (AvgIpc) is 2.23. The fraction of sp³-hybridized carbons (Fsp3) is 0.529. The minimum Gasteiger partial charge on any atom is -0.305 e. The van der Waals surface area contributed by atoms with Crippen molar-refractivity contribution in [2.24, 2.45) is 0 Å². The number of nitrogens with zero attached hydrogens (tertiary/aromatic N) is 2. The Balaban J connectivity index is 3.11. The summed E-state index contributed by atoms with van der Waals surface area (Å²) in [4.78, 5) is 4.40. The Morgan fingerprint density at radius 2 is 1.30 bits per heavy atom. The normalized spacial score (nSPS) is 11.7. The molecule has 0 aromatic heterocycles. The topological polar surface area (TPSA) is 6.48 Å². The summed E-state index contributed by atoms with van der Waals surface area (Å²) < 4.78 is 0. The number of hydrogen-bond donors (Lipinski definition) is 0. The van der Waals surface area contributed by atoms with Crippen molar-refractivity contribution in [3.63, 3.8) is 0 Å². The van der Waals surface area contributed by atoms with E-state index in [2.05, 4.69) is 87.3 Å². The maximum Gasteiger partial charge on any atom is 0.129 e. The molecule has 0 aliphatic heterocycles. The summed E-state index contributed by atoms with van der Waals surface area (Å²) in [5.74, 6) is 3.39. The molecule has 110 valence electrons. The van der Waals surface area contributed by atoms with Crippen LogP contribution in [0.2, 0.25) is 19.6 Å². The van der Waals surface area contributed by atoms with Crippen LogP contribution in [0.15, 0.2) is 18.2 Å². The molecule has 0 amide bonds. The summed E-state index contributed by atoms with van der Waals surface area (Å²) in [6, 6.07) is 6.75. The van der Waals surface area contributed by atoms with Crippen LogP contribution in [0.25, 0.3) is 0 Å². The van der Waals surface area contributed by atoms with Gasteiger partial charge >= 0.3 is 0 Å². The molecule has 20 heavy (non-hydrogen) atoms. The molecule has 0 saturated heterocycles. The molecule has 0 N–H and O–H groups in total. The maximum absolute atomic E-state index is 3.46. The molecule has 3 heteroatoms. The predicted molar refractivity (Wildman–Crippen MR) is 91.4 cm³/mol. The predicted octanol–water partition coefficient (Wildman–Crippen LogP) is 3.04. The van der Waals surface area contributed by atoms with Gasteiger partial charge in [-0.25, -0.2) is 0 Å². The van der Waals surface area contributed by atoms with Crippen LogP contribution in [0.1, 0.15) is 16.7 Å². The minimum absolute atomic E-state index is 0.961. The SMILES string of the molecule is CN(C)Cc1cc(C#C[Si](C)(C)C)cc(CN(C)C)c1. The molecule has 1 aromatic carbocycles. The van der Waals surface area contributed by atoms with E-state index in [-0.39, 0.29) is 0 Å². The second-order valence-electron chi connectivity index (χ2n) is 7.01. The molecule has 0 aliphatic carbocycles. The van der Waals surface area contributed by atoms with Crippen molar-refractivity contribution >= 4 is 8.07 Å². The monoisotopic (exact) mass is 288 g/mol. The highest BCUT2D eigenvalue weighted by Crippen LogP contribution is 2.13. The van der Waals surface area contributed by atoms with E-state index in [1.54, 1.807) is 0 Å². The lowest BCUT2D eigenvalue weighted by molar-refractivity contribution is 0.395. The first-order chi connectivity index (χ1) is 9.15. The molecule has 0 unspecified atom stereocenters. The van der Waals surface area contributed by atoms with Crippen LogP contribution in [0.5, 0.6) is 0 Å². The van der Waals surface area contributed by atoms with Crippen LogP contribution < -0.4 is 0 Å². The van der Waals surface area contributed by atoms with Gasteiger partial charge in [0.05, 0.1) is 0 Å². The van der Waals surface area contributed by atoms with Crippen molar-refractivity contribution in [3.05, 3.63) is 34.9 Å². The number of hydrogen-bond acceptors (Lipinski definition) is 2. The van der Waals surface area contributed by atoms with Crippen molar-refractivity contribution in [2.45, 2.75) is 32.7 Å². The molecule has 0 fully saturated rings. The highest BCUT2D eigenvalue weighted by molar-refractivity contribution is 6.83. The average molecular weight is 289 g/mol. The van der Waals surface area contributed by atoms with E-state index in [1.165, 1.54) is 11.1 Å². The standard InChI is InChI=1S/C17H28N2Si/c1-18(2)13-16-10-15(8-9-20(5,6)7)11-17(12-16)14-19(3)4/h10-12H,13-14H2,1-7H3. The van der Waals surface area contributed by atoms with Gasteiger partial charge in [0, 0.05) is 18.7 Å². The zero-order valence-electron chi connectivity index (χ0n) is 14.0. The fourth-order valence-electron chi connectivity index (χ4n) is 2.01. The summed E-state index contributed by atoms with van der Waals surface area (Å²) in [6.45, 7) is 8.77. The maximum atomic E-state index is 3.46. The quantitative estimate of drug-likeness (QED) is 0.621. The van der Waals surface area contributed by atoms with E-state index in [0.717, 1.165) is 18.7 Å². The lowest BCUT2D eigenvalue weighted by atomic mass is 10.1. The van der Waals surface area contributed by atoms with Crippen LogP contribution in [0.3, 0.4) is 0 Å². The Hall–Kier alpha value is -1.08. The second kappa shape index (κ2) is 7.08. The van der Waals surface area contributed by atoms with Gasteiger partial charge in [0.15, 0.2) is 0 Å². The van der Waals surface area contributed by atoms with Gasteiger partial charge in [-0.2, -0.15) is 0 Å². The van der Waals surface area contributed by atoms with E-state index in [4.69, 9.17) is 0 Å². The third-order valence-electron chi connectivity index (χ3n) is 2.63. The van der Waals surface area contributed by atoms with Crippen molar-refractivity contribution in [3.8, 4) is 11.5 Å². The highest BCUT2D eigenvalue weighted by atomic mass is 28.3. The lowest BCUT2D eigenvalue weighted by Crippen LogP contribution is -2.16. The van der Waals surface area contributed by atoms with Gasteiger partial charge in [0.2, 0.25) is 0 Å². The molecular formula is C17H28N2Si. The minimum atomic E-state index is -1.32. The summed E-state index contributed by atoms with van der Waals surface area (Å²) in [6.07, 6.45) is 0. The van der Waals surface area contributed by atoms with Crippen molar-refractivity contribution < 1.29 is 0 Å². The largest absolute Gasteiger partial charge is 0.305 e. The van der Waals surface area contributed by atoms with Gasteiger partial charge in [0.25, 0.3) is 0 Å².